The van der Waals surface area contributed by atoms with E-state index < -0.39 is 0 Å². The molecule has 1 N–H and O–H groups in total. The van der Waals surface area contributed by atoms with Crippen LogP contribution in [0.15, 0.2) is 30.3 Å². The summed E-state index contributed by atoms with van der Waals surface area (Å²) in [5.41, 5.74) is 1.05. The summed E-state index contributed by atoms with van der Waals surface area (Å²) >= 11 is 0. The highest BCUT2D eigenvalue weighted by Crippen LogP contribution is 2.25. The van der Waals surface area contributed by atoms with E-state index in [2.05, 4.69) is 22.2 Å². The van der Waals surface area contributed by atoms with Gasteiger partial charge in [0.05, 0.1) is 0 Å². The Balaban J connectivity index is 1.69. The lowest BCUT2D eigenvalue weighted by Crippen LogP contribution is -2.56. The summed E-state index contributed by atoms with van der Waals surface area (Å²) in [6.45, 7) is 8.61. The monoisotopic (exact) mass is 373 g/mol. The maximum Gasteiger partial charge on any atom is 0.317 e. The van der Waals surface area contributed by atoms with Crippen molar-refractivity contribution in [3.63, 3.8) is 0 Å². The van der Waals surface area contributed by atoms with Gasteiger partial charge in [0.15, 0.2) is 0 Å². The molecule has 148 valence electrons. The van der Waals surface area contributed by atoms with Gasteiger partial charge in [0.1, 0.15) is 6.04 Å². The molecule has 1 unspecified atom stereocenters. The molecule has 27 heavy (non-hydrogen) atoms. The Morgan fingerprint density at radius 1 is 0.926 bits per heavy atom. The van der Waals surface area contributed by atoms with Crippen LogP contribution in [-0.4, -0.2) is 97.5 Å². The van der Waals surface area contributed by atoms with E-state index in [1.165, 1.54) is 0 Å². The number of piperazine rings is 2. The minimum atomic E-state index is -0.240. The summed E-state index contributed by atoms with van der Waals surface area (Å²) in [7, 11) is 2.12. The number of nitrogens with one attached hydrogen (secondary N) is 1. The van der Waals surface area contributed by atoms with Gasteiger partial charge in [0.25, 0.3) is 0 Å². The molecule has 0 saturated carbocycles. The molecule has 3 rings (SSSR count). The van der Waals surface area contributed by atoms with Gasteiger partial charge in [-0.1, -0.05) is 30.3 Å². The molecule has 2 heterocycles. The molecule has 2 aliphatic rings. The van der Waals surface area contributed by atoms with Gasteiger partial charge in [-0.05, 0) is 19.5 Å². The summed E-state index contributed by atoms with van der Waals surface area (Å²) in [6.07, 6.45) is 0. The lowest BCUT2D eigenvalue weighted by molar-refractivity contribution is -0.139. The van der Waals surface area contributed by atoms with Crippen molar-refractivity contribution in [2.75, 3.05) is 66.0 Å². The summed E-state index contributed by atoms with van der Waals surface area (Å²) in [5, 5.41) is 2.83. The highest BCUT2D eigenvalue weighted by molar-refractivity contribution is 5.84. The maximum atomic E-state index is 13.4. The zero-order valence-electron chi connectivity index (χ0n) is 16.4. The number of benzene rings is 1. The fourth-order valence-corrected chi connectivity index (χ4v) is 3.79. The van der Waals surface area contributed by atoms with Crippen molar-refractivity contribution < 1.29 is 9.59 Å². The van der Waals surface area contributed by atoms with Gasteiger partial charge in [0, 0.05) is 58.9 Å². The second kappa shape index (κ2) is 9.19. The van der Waals surface area contributed by atoms with Gasteiger partial charge < -0.3 is 20.0 Å². The van der Waals surface area contributed by atoms with E-state index in [4.69, 9.17) is 0 Å². The van der Waals surface area contributed by atoms with E-state index in [0.29, 0.717) is 32.7 Å². The van der Waals surface area contributed by atoms with Crippen molar-refractivity contribution in [1.82, 2.24) is 24.9 Å². The molecular weight excluding hydrogens is 342 g/mol. The van der Waals surface area contributed by atoms with Crippen LogP contribution in [0.4, 0.5) is 4.79 Å². The van der Waals surface area contributed by atoms with E-state index in [1.54, 1.807) is 4.90 Å². The number of carbonyl (C=O) groups is 2. The molecule has 7 heteroatoms. The van der Waals surface area contributed by atoms with Crippen LogP contribution in [0.1, 0.15) is 18.5 Å². The number of urea groups is 1. The first-order chi connectivity index (χ1) is 13.1. The van der Waals surface area contributed by atoms with E-state index in [0.717, 1.165) is 31.7 Å². The largest absolute Gasteiger partial charge is 0.338 e. The predicted molar refractivity (Wildman–Crippen MR) is 105 cm³/mol. The first kappa shape index (κ1) is 19.6. The SMILES string of the molecule is CCNC(=O)N1CCN(C(=O)C(c2ccccc2)N2CCN(C)CC2)CC1. The van der Waals surface area contributed by atoms with Crippen LogP contribution in [0, 0.1) is 0 Å². The van der Waals surface area contributed by atoms with Crippen molar-refractivity contribution in [1.29, 1.82) is 0 Å². The minimum Gasteiger partial charge on any atom is -0.338 e. The minimum absolute atomic E-state index is 0.0386. The molecule has 0 aromatic heterocycles. The summed E-state index contributed by atoms with van der Waals surface area (Å²) in [4.78, 5) is 33.8. The van der Waals surface area contributed by atoms with Gasteiger partial charge in [-0.15, -0.1) is 0 Å². The number of amides is 3. The zero-order valence-corrected chi connectivity index (χ0v) is 16.4. The standard InChI is InChI=1S/C20H31N5O2/c1-3-21-20(27)25-15-13-24(14-16-25)19(26)18(17-7-5-4-6-8-17)23-11-9-22(2)10-12-23/h4-8,18H,3,9-16H2,1-2H3,(H,21,27). The van der Waals surface area contributed by atoms with Crippen molar-refractivity contribution in [3.05, 3.63) is 35.9 Å². The molecule has 1 atom stereocenters. The fourth-order valence-electron chi connectivity index (χ4n) is 3.79. The highest BCUT2D eigenvalue weighted by Gasteiger charge is 2.34. The van der Waals surface area contributed by atoms with Crippen molar-refractivity contribution >= 4 is 11.9 Å². The lowest BCUT2D eigenvalue weighted by atomic mass is 10.0. The Bertz CT molecular complexity index is 623. The Hall–Kier alpha value is -2.12. The second-order valence-electron chi connectivity index (χ2n) is 7.30. The van der Waals surface area contributed by atoms with Crippen molar-refractivity contribution in [2.24, 2.45) is 0 Å². The van der Waals surface area contributed by atoms with Crippen LogP contribution in [0.5, 0.6) is 0 Å². The first-order valence-corrected chi connectivity index (χ1v) is 9.89. The molecule has 0 bridgehead atoms. The average Bonchev–Trinajstić information content (AvgIpc) is 2.71. The van der Waals surface area contributed by atoms with Crippen LogP contribution in [-0.2, 0) is 4.79 Å². The average molecular weight is 374 g/mol. The quantitative estimate of drug-likeness (QED) is 0.850. The summed E-state index contributed by atoms with van der Waals surface area (Å²) in [5.74, 6) is 0.154. The maximum absolute atomic E-state index is 13.4. The summed E-state index contributed by atoms with van der Waals surface area (Å²) < 4.78 is 0. The van der Waals surface area contributed by atoms with Gasteiger partial charge in [0.2, 0.25) is 5.91 Å². The number of likely N-dealkylation sites (N-methyl/N-ethyl adjacent to an activating group) is 1. The normalized spacial score (nSPS) is 20.4. The zero-order chi connectivity index (χ0) is 19.2. The fraction of sp³-hybridized carbons (Fsp3) is 0.600. The Labute approximate surface area is 161 Å². The molecule has 3 amide bonds. The van der Waals surface area contributed by atoms with Gasteiger partial charge in [-0.2, -0.15) is 0 Å². The van der Waals surface area contributed by atoms with Crippen molar-refractivity contribution in [2.45, 2.75) is 13.0 Å². The van der Waals surface area contributed by atoms with Gasteiger partial charge in [-0.3, -0.25) is 9.69 Å². The molecule has 2 saturated heterocycles. The number of nitrogens with zero attached hydrogens (tertiary/aromatic N) is 4. The molecule has 0 radical (unpaired) electrons. The van der Waals surface area contributed by atoms with Crippen LogP contribution in [0.3, 0.4) is 0 Å². The number of carbonyl (C=O) groups excluding carboxylic acids is 2. The van der Waals surface area contributed by atoms with Crippen LogP contribution in [0.25, 0.3) is 0 Å². The Kier molecular flexibility index (Phi) is 6.68. The highest BCUT2D eigenvalue weighted by atomic mass is 16.2. The molecule has 0 aliphatic carbocycles. The molecule has 0 spiro atoms. The third-order valence-electron chi connectivity index (χ3n) is 5.46. The third kappa shape index (κ3) is 4.78. The van der Waals surface area contributed by atoms with Gasteiger partial charge >= 0.3 is 6.03 Å². The molecular formula is C20H31N5O2. The lowest BCUT2D eigenvalue weighted by Gasteiger charge is -2.41. The Morgan fingerprint density at radius 3 is 2.11 bits per heavy atom. The van der Waals surface area contributed by atoms with E-state index in [9.17, 15) is 9.59 Å². The smallest absolute Gasteiger partial charge is 0.317 e. The van der Waals surface area contributed by atoms with Crippen LogP contribution in [0.2, 0.25) is 0 Å². The molecule has 1 aromatic carbocycles. The number of rotatable bonds is 4. The second-order valence-corrected chi connectivity index (χ2v) is 7.30. The third-order valence-corrected chi connectivity index (χ3v) is 5.46. The molecule has 2 aliphatic heterocycles. The Morgan fingerprint density at radius 2 is 1.52 bits per heavy atom. The topological polar surface area (TPSA) is 59.1 Å². The predicted octanol–water partition coefficient (Wildman–Crippen LogP) is 0.849. The van der Waals surface area contributed by atoms with Crippen LogP contribution >= 0.6 is 0 Å². The molecule has 2 fully saturated rings. The number of hydrogen-bond donors (Lipinski definition) is 1. The van der Waals surface area contributed by atoms with Crippen molar-refractivity contribution in [3.8, 4) is 0 Å². The summed E-state index contributed by atoms with van der Waals surface area (Å²) in [6, 6.07) is 9.80. The van der Waals surface area contributed by atoms with Gasteiger partial charge in [-0.25, -0.2) is 4.79 Å². The molecule has 1 aromatic rings. The van der Waals surface area contributed by atoms with Crippen LogP contribution < -0.4 is 5.32 Å². The van der Waals surface area contributed by atoms with E-state index >= 15 is 0 Å². The van der Waals surface area contributed by atoms with E-state index in [1.807, 2.05) is 42.2 Å². The van der Waals surface area contributed by atoms with E-state index in [-0.39, 0.29) is 18.0 Å². The first-order valence-electron chi connectivity index (χ1n) is 9.89. The number of hydrogen-bond acceptors (Lipinski definition) is 4. The molecule has 7 nitrogen and oxygen atoms in total.